The Kier molecular flexibility index (Phi) is 3.66. The Morgan fingerprint density at radius 2 is 2.18 bits per heavy atom. The van der Waals surface area contributed by atoms with Crippen molar-refractivity contribution < 1.29 is 9.53 Å². The Balaban J connectivity index is 1.41. The van der Waals surface area contributed by atoms with Crippen LogP contribution in [0.25, 0.3) is 0 Å². The number of carbonyl (C=O) groups is 1. The number of rotatable bonds is 3. The van der Waals surface area contributed by atoms with Crippen molar-refractivity contribution in [1.82, 2.24) is 19.6 Å². The van der Waals surface area contributed by atoms with Crippen molar-refractivity contribution in [3.05, 3.63) is 18.0 Å². The molecule has 3 saturated heterocycles. The highest BCUT2D eigenvalue weighted by Gasteiger charge is 2.45. The van der Waals surface area contributed by atoms with E-state index in [1.807, 2.05) is 17.9 Å². The number of amides is 1. The second-order valence-corrected chi connectivity index (χ2v) is 6.80. The van der Waals surface area contributed by atoms with Gasteiger partial charge in [-0.15, -0.1) is 0 Å². The van der Waals surface area contributed by atoms with E-state index in [-0.39, 0.29) is 5.92 Å². The molecule has 1 amide bonds. The number of fused-ring (bicyclic) bond motifs is 1. The third-order valence-electron chi connectivity index (χ3n) is 5.40. The first kappa shape index (κ1) is 14.2. The summed E-state index contributed by atoms with van der Waals surface area (Å²) in [6, 6.07) is 0.927. The first-order valence-corrected chi connectivity index (χ1v) is 8.32. The Labute approximate surface area is 131 Å². The number of hydrogen-bond acceptors (Lipinski definition) is 4. The van der Waals surface area contributed by atoms with Crippen LogP contribution in [0.5, 0.6) is 0 Å². The maximum atomic E-state index is 12.7. The molecule has 0 radical (unpaired) electrons. The second kappa shape index (κ2) is 5.66. The molecule has 4 rings (SSSR count). The molecule has 1 aromatic rings. The van der Waals surface area contributed by atoms with Crippen molar-refractivity contribution in [3.63, 3.8) is 0 Å². The van der Waals surface area contributed by atoms with Crippen LogP contribution in [0.1, 0.15) is 24.8 Å². The SMILES string of the molecule is Cn1cc(CN2CC[C@@H]3[C@@H]2CCN3C(=O)[C@@H]2CCOC2)cn1. The molecule has 0 unspecified atom stereocenters. The summed E-state index contributed by atoms with van der Waals surface area (Å²) in [5.41, 5.74) is 1.26. The lowest BCUT2D eigenvalue weighted by Gasteiger charge is -2.27. The predicted molar refractivity (Wildman–Crippen MR) is 81.1 cm³/mol. The van der Waals surface area contributed by atoms with Gasteiger partial charge in [-0.05, 0) is 19.3 Å². The summed E-state index contributed by atoms with van der Waals surface area (Å²) in [5.74, 6) is 0.430. The number of hydrogen-bond donors (Lipinski definition) is 0. The second-order valence-electron chi connectivity index (χ2n) is 6.80. The molecule has 0 aromatic carbocycles. The summed E-state index contributed by atoms with van der Waals surface area (Å²) < 4.78 is 7.24. The van der Waals surface area contributed by atoms with Gasteiger partial charge in [0, 0.05) is 57.1 Å². The van der Waals surface area contributed by atoms with Gasteiger partial charge in [0.1, 0.15) is 0 Å². The Morgan fingerprint density at radius 1 is 1.32 bits per heavy atom. The van der Waals surface area contributed by atoms with E-state index in [0.717, 1.165) is 45.5 Å². The van der Waals surface area contributed by atoms with Crippen molar-refractivity contribution in [3.8, 4) is 0 Å². The minimum atomic E-state index is 0.103. The summed E-state index contributed by atoms with van der Waals surface area (Å²) in [5, 5.41) is 4.25. The van der Waals surface area contributed by atoms with Gasteiger partial charge in [0.15, 0.2) is 0 Å². The molecule has 0 N–H and O–H groups in total. The lowest BCUT2D eigenvalue weighted by molar-refractivity contribution is -0.136. The third kappa shape index (κ3) is 2.44. The number of likely N-dealkylation sites (tertiary alicyclic amines) is 2. The molecule has 3 aliphatic heterocycles. The van der Waals surface area contributed by atoms with Crippen LogP contribution in [0, 0.1) is 5.92 Å². The van der Waals surface area contributed by atoms with E-state index in [1.54, 1.807) is 0 Å². The van der Waals surface area contributed by atoms with E-state index in [1.165, 1.54) is 5.56 Å². The molecule has 22 heavy (non-hydrogen) atoms. The monoisotopic (exact) mass is 304 g/mol. The zero-order chi connectivity index (χ0) is 15.1. The van der Waals surface area contributed by atoms with E-state index in [4.69, 9.17) is 4.74 Å². The zero-order valence-electron chi connectivity index (χ0n) is 13.1. The van der Waals surface area contributed by atoms with E-state index in [0.29, 0.717) is 24.6 Å². The third-order valence-corrected chi connectivity index (χ3v) is 5.40. The molecule has 4 heterocycles. The van der Waals surface area contributed by atoms with Crippen molar-refractivity contribution >= 4 is 5.91 Å². The predicted octanol–water partition coefficient (Wildman–Crippen LogP) is 0.632. The summed E-state index contributed by atoms with van der Waals surface area (Å²) >= 11 is 0. The van der Waals surface area contributed by atoms with E-state index < -0.39 is 0 Å². The Bertz CT molecular complexity index is 552. The van der Waals surface area contributed by atoms with Gasteiger partial charge in [0.25, 0.3) is 0 Å². The van der Waals surface area contributed by atoms with Crippen LogP contribution >= 0.6 is 0 Å². The molecule has 0 spiro atoms. The van der Waals surface area contributed by atoms with Crippen LogP contribution in [0.15, 0.2) is 12.4 Å². The molecule has 6 heteroatoms. The maximum Gasteiger partial charge on any atom is 0.228 e. The number of carbonyl (C=O) groups excluding carboxylic acids is 1. The van der Waals surface area contributed by atoms with Crippen LogP contribution in [0.3, 0.4) is 0 Å². The molecule has 0 aliphatic carbocycles. The number of aromatic nitrogens is 2. The fourth-order valence-electron chi connectivity index (χ4n) is 4.30. The first-order chi connectivity index (χ1) is 10.7. The van der Waals surface area contributed by atoms with Gasteiger partial charge in [0.2, 0.25) is 5.91 Å². The standard InChI is InChI=1S/C16H24N4O2/c1-18-9-12(8-17-18)10-19-5-2-15-14(19)3-6-20(15)16(21)13-4-7-22-11-13/h8-9,13-15H,2-7,10-11H2,1H3/t13-,14+,15-/m1/s1. The van der Waals surface area contributed by atoms with Crippen molar-refractivity contribution in [1.29, 1.82) is 0 Å². The largest absolute Gasteiger partial charge is 0.381 e. The highest BCUT2D eigenvalue weighted by Crippen LogP contribution is 2.34. The molecule has 0 saturated carbocycles. The van der Waals surface area contributed by atoms with E-state index in [9.17, 15) is 4.79 Å². The Morgan fingerprint density at radius 3 is 2.91 bits per heavy atom. The Hall–Kier alpha value is -1.40. The van der Waals surface area contributed by atoms with Crippen LogP contribution in [0.4, 0.5) is 0 Å². The average Bonchev–Trinajstić information content (AvgIpc) is 3.24. The molecule has 1 aromatic heterocycles. The molecule has 6 nitrogen and oxygen atoms in total. The van der Waals surface area contributed by atoms with Gasteiger partial charge < -0.3 is 9.64 Å². The lowest BCUT2D eigenvalue weighted by atomic mass is 10.1. The smallest absolute Gasteiger partial charge is 0.228 e. The normalized spacial score (nSPS) is 31.9. The van der Waals surface area contributed by atoms with Crippen LogP contribution in [0.2, 0.25) is 0 Å². The molecule has 3 fully saturated rings. The minimum absolute atomic E-state index is 0.103. The van der Waals surface area contributed by atoms with Gasteiger partial charge in [-0.3, -0.25) is 14.4 Å². The van der Waals surface area contributed by atoms with Gasteiger partial charge in [0.05, 0.1) is 18.7 Å². The van der Waals surface area contributed by atoms with Crippen LogP contribution in [-0.4, -0.2) is 63.9 Å². The van der Waals surface area contributed by atoms with Gasteiger partial charge in [-0.1, -0.05) is 0 Å². The highest BCUT2D eigenvalue weighted by atomic mass is 16.5. The average molecular weight is 304 g/mol. The molecular formula is C16H24N4O2. The first-order valence-electron chi connectivity index (χ1n) is 8.32. The van der Waals surface area contributed by atoms with Crippen LogP contribution in [-0.2, 0) is 23.1 Å². The van der Waals surface area contributed by atoms with Crippen molar-refractivity contribution in [2.24, 2.45) is 13.0 Å². The minimum Gasteiger partial charge on any atom is -0.381 e. The van der Waals surface area contributed by atoms with Gasteiger partial charge in [-0.2, -0.15) is 5.10 Å². The van der Waals surface area contributed by atoms with Crippen molar-refractivity contribution in [2.45, 2.75) is 37.9 Å². The lowest BCUT2D eigenvalue weighted by Crippen LogP contribution is -2.42. The van der Waals surface area contributed by atoms with E-state index >= 15 is 0 Å². The summed E-state index contributed by atoms with van der Waals surface area (Å²) in [7, 11) is 1.95. The molecule has 3 atom stereocenters. The molecule has 3 aliphatic rings. The maximum absolute atomic E-state index is 12.7. The quantitative estimate of drug-likeness (QED) is 0.822. The zero-order valence-corrected chi connectivity index (χ0v) is 13.1. The number of aryl methyl sites for hydroxylation is 1. The summed E-state index contributed by atoms with van der Waals surface area (Å²) in [6.07, 6.45) is 7.13. The van der Waals surface area contributed by atoms with E-state index in [2.05, 4.69) is 21.1 Å². The number of nitrogens with zero attached hydrogens (tertiary/aromatic N) is 4. The topological polar surface area (TPSA) is 50.6 Å². The van der Waals surface area contributed by atoms with Gasteiger partial charge in [-0.25, -0.2) is 0 Å². The van der Waals surface area contributed by atoms with Crippen LogP contribution < -0.4 is 0 Å². The fourth-order valence-corrected chi connectivity index (χ4v) is 4.30. The molecule has 120 valence electrons. The summed E-state index contributed by atoms with van der Waals surface area (Å²) in [6.45, 7) is 4.30. The van der Waals surface area contributed by atoms with Gasteiger partial charge >= 0.3 is 0 Å². The highest BCUT2D eigenvalue weighted by molar-refractivity contribution is 5.80. The fraction of sp³-hybridized carbons (Fsp3) is 0.750. The molecular weight excluding hydrogens is 280 g/mol. The summed E-state index contributed by atoms with van der Waals surface area (Å²) in [4.78, 5) is 17.3. The number of ether oxygens (including phenoxy) is 1. The van der Waals surface area contributed by atoms with Crippen molar-refractivity contribution in [2.75, 3.05) is 26.3 Å². The molecule has 0 bridgehead atoms.